The summed E-state index contributed by atoms with van der Waals surface area (Å²) >= 11 is 1.20. The molecule has 1 saturated heterocycles. The molecule has 9 nitrogen and oxygen atoms in total. The summed E-state index contributed by atoms with van der Waals surface area (Å²) in [6.07, 6.45) is 0. The maximum absolute atomic E-state index is 12.7. The number of rotatable bonds is 9. The molecule has 0 aliphatic carbocycles. The second kappa shape index (κ2) is 10.5. The molecular weight excluding hydrogens is 464 g/mol. The first kappa shape index (κ1) is 23.4. The van der Waals surface area contributed by atoms with Crippen molar-refractivity contribution in [3.05, 3.63) is 65.5 Å². The lowest BCUT2D eigenvalue weighted by Gasteiger charge is -2.26. The molecule has 174 valence electrons. The molecule has 0 saturated carbocycles. The van der Waals surface area contributed by atoms with E-state index in [9.17, 15) is 13.2 Å². The minimum absolute atomic E-state index is 0.131. The Labute approximate surface area is 196 Å². The van der Waals surface area contributed by atoms with Gasteiger partial charge in [-0.3, -0.25) is 9.89 Å². The summed E-state index contributed by atoms with van der Waals surface area (Å²) in [5.41, 5.74) is 1.58. The van der Waals surface area contributed by atoms with E-state index in [0.717, 1.165) is 11.3 Å². The van der Waals surface area contributed by atoms with Gasteiger partial charge in [-0.05, 0) is 31.2 Å². The number of morpholine rings is 1. The molecule has 0 spiro atoms. The number of hydrogen-bond donors (Lipinski definition) is 1. The molecule has 1 N–H and O–H groups in total. The third-order valence-corrected chi connectivity index (χ3v) is 7.78. The van der Waals surface area contributed by atoms with Crippen molar-refractivity contribution >= 4 is 27.6 Å². The Balaban J connectivity index is 1.29. The zero-order valence-corrected chi connectivity index (χ0v) is 19.7. The van der Waals surface area contributed by atoms with Gasteiger partial charge < -0.3 is 9.47 Å². The van der Waals surface area contributed by atoms with Gasteiger partial charge in [0.05, 0.1) is 23.9 Å². The zero-order chi connectivity index (χ0) is 23.3. The van der Waals surface area contributed by atoms with E-state index in [2.05, 4.69) is 15.2 Å². The molecule has 1 aliphatic rings. The van der Waals surface area contributed by atoms with Crippen molar-refractivity contribution in [3.8, 4) is 5.75 Å². The number of aromatic nitrogens is 3. The fraction of sp³-hybridized carbons (Fsp3) is 0.318. The SMILES string of the molecule is Cc1ccc(OCc2nc(SCC(=O)c3ccc(S(=O)(=O)N4CCOCC4)cc3)n[nH]2)cc1. The van der Waals surface area contributed by atoms with E-state index in [1.54, 1.807) is 0 Å². The minimum atomic E-state index is -3.58. The first-order chi connectivity index (χ1) is 15.9. The topological polar surface area (TPSA) is 114 Å². The van der Waals surface area contributed by atoms with Crippen LogP contribution in [0.4, 0.5) is 0 Å². The van der Waals surface area contributed by atoms with Crippen LogP contribution in [0, 0.1) is 6.92 Å². The van der Waals surface area contributed by atoms with Crippen LogP contribution in [-0.2, 0) is 21.4 Å². The number of aryl methyl sites for hydroxylation is 1. The van der Waals surface area contributed by atoms with Crippen LogP contribution in [0.5, 0.6) is 5.75 Å². The number of benzene rings is 2. The summed E-state index contributed by atoms with van der Waals surface area (Å²) in [6, 6.07) is 13.7. The van der Waals surface area contributed by atoms with Crippen LogP contribution in [0.25, 0.3) is 0 Å². The largest absolute Gasteiger partial charge is 0.486 e. The Morgan fingerprint density at radius 3 is 2.52 bits per heavy atom. The van der Waals surface area contributed by atoms with Crippen LogP contribution in [0.3, 0.4) is 0 Å². The maximum atomic E-state index is 12.7. The number of carbonyl (C=O) groups excluding carboxylic acids is 1. The normalized spacial score (nSPS) is 14.8. The number of ketones is 1. The van der Waals surface area contributed by atoms with Crippen molar-refractivity contribution in [2.75, 3.05) is 32.1 Å². The Bertz CT molecular complexity index is 1190. The predicted octanol–water partition coefficient (Wildman–Crippen LogP) is 2.69. The molecule has 11 heteroatoms. The molecule has 2 heterocycles. The summed E-state index contributed by atoms with van der Waals surface area (Å²) in [5, 5.41) is 7.36. The maximum Gasteiger partial charge on any atom is 0.243 e. The molecule has 2 aromatic carbocycles. The fourth-order valence-electron chi connectivity index (χ4n) is 3.16. The lowest BCUT2D eigenvalue weighted by molar-refractivity contribution is 0.0730. The second-order valence-electron chi connectivity index (χ2n) is 7.42. The van der Waals surface area contributed by atoms with Crippen LogP contribution in [-0.4, -0.2) is 65.7 Å². The van der Waals surface area contributed by atoms with Gasteiger partial charge in [0.2, 0.25) is 15.2 Å². The van der Waals surface area contributed by atoms with E-state index in [0.29, 0.717) is 42.8 Å². The highest BCUT2D eigenvalue weighted by molar-refractivity contribution is 7.99. The van der Waals surface area contributed by atoms with Crippen LogP contribution in [0.15, 0.2) is 58.6 Å². The lowest BCUT2D eigenvalue weighted by atomic mass is 10.1. The number of sulfonamides is 1. The van der Waals surface area contributed by atoms with Gasteiger partial charge in [-0.15, -0.1) is 5.10 Å². The molecule has 0 atom stereocenters. The van der Waals surface area contributed by atoms with Crippen LogP contribution >= 0.6 is 11.8 Å². The summed E-state index contributed by atoms with van der Waals surface area (Å²) in [6.45, 7) is 3.67. The molecule has 3 aromatic rings. The van der Waals surface area contributed by atoms with Gasteiger partial charge >= 0.3 is 0 Å². The fourth-order valence-corrected chi connectivity index (χ4v) is 5.28. The average Bonchev–Trinajstić information content (AvgIpc) is 3.31. The third kappa shape index (κ3) is 5.99. The molecule has 0 radical (unpaired) electrons. The first-order valence-corrected chi connectivity index (χ1v) is 12.8. The molecular formula is C22H24N4O5S2. The predicted molar refractivity (Wildman–Crippen MR) is 123 cm³/mol. The summed E-state index contributed by atoms with van der Waals surface area (Å²) in [4.78, 5) is 17.0. The Morgan fingerprint density at radius 1 is 1.12 bits per heavy atom. The number of carbonyl (C=O) groups is 1. The van der Waals surface area contributed by atoms with E-state index in [1.165, 1.54) is 40.3 Å². The second-order valence-corrected chi connectivity index (χ2v) is 10.3. The van der Waals surface area contributed by atoms with Gasteiger partial charge in [-0.25, -0.2) is 13.4 Å². The number of H-pyrrole nitrogens is 1. The van der Waals surface area contributed by atoms with Crippen molar-refractivity contribution < 1.29 is 22.7 Å². The number of ether oxygens (including phenoxy) is 2. The quantitative estimate of drug-likeness (QED) is 0.361. The standard InChI is InChI=1S/C22H24N4O5S2/c1-16-2-6-18(7-3-16)31-14-21-23-22(25-24-21)32-15-20(27)17-4-8-19(9-5-17)33(28,29)26-10-12-30-13-11-26/h2-9H,10-15H2,1H3,(H,23,24,25). The van der Waals surface area contributed by atoms with Crippen LogP contribution in [0.1, 0.15) is 21.7 Å². The number of hydrogen-bond acceptors (Lipinski definition) is 8. The van der Waals surface area contributed by atoms with Crippen molar-refractivity contribution in [2.45, 2.75) is 23.6 Å². The summed E-state index contributed by atoms with van der Waals surface area (Å²) in [5.74, 6) is 1.28. The van der Waals surface area contributed by atoms with E-state index >= 15 is 0 Å². The zero-order valence-electron chi connectivity index (χ0n) is 18.1. The van der Waals surface area contributed by atoms with E-state index in [1.807, 2.05) is 31.2 Å². The van der Waals surface area contributed by atoms with Crippen molar-refractivity contribution in [2.24, 2.45) is 0 Å². The number of thioether (sulfide) groups is 1. The number of nitrogens with one attached hydrogen (secondary N) is 1. The van der Waals surface area contributed by atoms with Gasteiger partial charge in [0, 0.05) is 18.7 Å². The van der Waals surface area contributed by atoms with E-state index in [-0.39, 0.29) is 23.0 Å². The van der Waals surface area contributed by atoms with E-state index < -0.39 is 10.0 Å². The van der Waals surface area contributed by atoms with Gasteiger partial charge in [-0.1, -0.05) is 41.6 Å². The highest BCUT2D eigenvalue weighted by Gasteiger charge is 2.26. The molecule has 1 aliphatic heterocycles. The van der Waals surface area contributed by atoms with Gasteiger partial charge in [0.25, 0.3) is 0 Å². The molecule has 33 heavy (non-hydrogen) atoms. The molecule has 4 rings (SSSR count). The van der Waals surface area contributed by atoms with Crippen molar-refractivity contribution in [1.82, 2.24) is 19.5 Å². The van der Waals surface area contributed by atoms with Gasteiger partial charge in [0.1, 0.15) is 12.4 Å². The Kier molecular flexibility index (Phi) is 7.43. The van der Waals surface area contributed by atoms with Gasteiger partial charge in [0.15, 0.2) is 11.6 Å². The lowest BCUT2D eigenvalue weighted by Crippen LogP contribution is -2.40. The number of nitrogens with zero attached hydrogens (tertiary/aromatic N) is 3. The van der Waals surface area contributed by atoms with Crippen LogP contribution < -0.4 is 4.74 Å². The first-order valence-electron chi connectivity index (χ1n) is 10.4. The smallest absolute Gasteiger partial charge is 0.243 e. The Hall–Kier alpha value is -2.73. The van der Waals surface area contributed by atoms with Crippen molar-refractivity contribution in [1.29, 1.82) is 0 Å². The molecule has 0 amide bonds. The Morgan fingerprint density at radius 2 is 1.82 bits per heavy atom. The molecule has 0 bridgehead atoms. The molecule has 1 fully saturated rings. The number of aromatic amines is 1. The molecule has 0 unspecified atom stereocenters. The molecule has 1 aromatic heterocycles. The highest BCUT2D eigenvalue weighted by Crippen LogP contribution is 2.20. The highest BCUT2D eigenvalue weighted by atomic mass is 32.2. The average molecular weight is 489 g/mol. The third-order valence-electron chi connectivity index (χ3n) is 5.02. The van der Waals surface area contributed by atoms with Crippen LogP contribution in [0.2, 0.25) is 0 Å². The monoisotopic (exact) mass is 488 g/mol. The summed E-state index contributed by atoms with van der Waals surface area (Å²) in [7, 11) is -3.58. The minimum Gasteiger partial charge on any atom is -0.486 e. The van der Waals surface area contributed by atoms with E-state index in [4.69, 9.17) is 9.47 Å². The number of Topliss-reactive ketones (excluding diaryl/α,β-unsaturated/α-hetero) is 1. The van der Waals surface area contributed by atoms with Crippen molar-refractivity contribution in [3.63, 3.8) is 0 Å². The van der Waals surface area contributed by atoms with Gasteiger partial charge in [-0.2, -0.15) is 4.31 Å². The summed E-state index contributed by atoms with van der Waals surface area (Å²) < 4.78 is 37.7.